The highest BCUT2D eigenvalue weighted by molar-refractivity contribution is 6.03. The van der Waals surface area contributed by atoms with E-state index in [0.717, 1.165) is 13.2 Å². The molecule has 1 N–H and O–H groups in total. The molecule has 10 heteroatoms. The van der Waals surface area contributed by atoms with Crippen molar-refractivity contribution < 1.29 is 37.0 Å². The summed E-state index contributed by atoms with van der Waals surface area (Å²) in [6.07, 6.45) is -4.68. The molecule has 0 radical (unpaired) electrons. The van der Waals surface area contributed by atoms with Gasteiger partial charge in [0.05, 0.1) is 30.0 Å². The number of urea groups is 1. The van der Waals surface area contributed by atoms with Crippen LogP contribution in [0, 0.1) is 0 Å². The minimum Gasteiger partial charge on any atom is -0.466 e. The van der Waals surface area contributed by atoms with Gasteiger partial charge < -0.3 is 19.5 Å². The highest BCUT2D eigenvalue weighted by Crippen LogP contribution is 2.42. The minimum atomic E-state index is -4.68. The predicted octanol–water partition coefficient (Wildman–Crippen LogP) is 4.15. The summed E-state index contributed by atoms with van der Waals surface area (Å²) in [7, 11) is 1.12. The van der Waals surface area contributed by atoms with Gasteiger partial charge in [-0.15, -0.1) is 0 Å². The lowest BCUT2D eigenvalue weighted by Crippen LogP contribution is -2.48. The maximum absolute atomic E-state index is 13.6. The Kier molecular flexibility index (Phi) is 5.00. The van der Waals surface area contributed by atoms with Crippen molar-refractivity contribution >= 4 is 17.7 Å². The molecule has 2 aliphatic heterocycles. The van der Waals surface area contributed by atoms with Crippen LogP contribution in [-0.4, -0.2) is 25.9 Å². The van der Waals surface area contributed by atoms with Crippen molar-refractivity contribution in [3.8, 4) is 11.5 Å². The third-order valence-electron chi connectivity index (χ3n) is 5.08. The first kappa shape index (κ1) is 20.6. The Hall–Kier alpha value is -3.69. The molecular formula is C21H17F3N2O5. The van der Waals surface area contributed by atoms with E-state index in [1.54, 1.807) is 18.2 Å². The topological polar surface area (TPSA) is 77.1 Å². The lowest BCUT2D eigenvalue weighted by atomic mass is 9.91. The van der Waals surface area contributed by atoms with E-state index in [0.29, 0.717) is 17.2 Å². The number of allylic oxidation sites excluding steroid dienone is 1. The summed E-state index contributed by atoms with van der Waals surface area (Å²) < 4.78 is 56.2. The molecule has 1 atom stereocenters. The number of nitrogens with zero attached hydrogens (tertiary/aromatic N) is 1. The molecule has 0 bridgehead atoms. The number of carbonyl (C=O) groups is 2. The number of amides is 2. The van der Waals surface area contributed by atoms with Crippen molar-refractivity contribution in [2.24, 2.45) is 0 Å². The standard InChI is InChI=1S/C21H17F3N2O5/c1-11-17(19(27)29-2)18(13-5-3-4-6-14(13)21(22,23)24)25-20(28)26(11)12-7-8-15-16(9-12)31-10-30-15/h3-9,18H,10H2,1-2H3,(H,25,28)/t18-/m0/s1. The number of hydrogen-bond donors (Lipinski definition) is 1. The maximum atomic E-state index is 13.6. The zero-order valence-electron chi connectivity index (χ0n) is 16.4. The molecule has 0 spiro atoms. The monoisotopic (exact) mass is 434 g/mol. The van der Waals surface area contributed by atoms with E-state index in [4.69, 9.17) is 14.2 Å². The van der Waals surface area contributed by atoms with Crippen LogP contribution in [0.4, 0.5) is 23.7 Å². The van der Waals surface area contributed by atoms with Crippen LogP contribution < -0.4 is 19.7 Å². The number of halogens is 3. The quantitative estimate of drug-likeness (QED) is 0.735. The number of anilines is 1. The van der Waals surface area contributed by atoms with Gasteiger partial charge in [-0.3, -0.25) is 4.90 Å². The number of carbonyl (C=O) groups excluding carboxylic acids is 2. The Morgan fingerprint density at radius 1 is 1.16 bits per heavy atom. The average Bonchev–Trinajstić information content (AvgIpc) is 3.20. The molecule has 2 aliphatic rings. The number of methoxy groups -OCH3 is 1. The van der Waals surface area contributed by atoms with E-state index in [9.17, 15) is 22.8 Å². The van der Waals surface area contributed by atoms with Crippen molar-refractivity contribution in [1.29, 1.82) is 0 Å². The number of esters is 1. The van der Waals surface area contributed by atoms with Gasteiger partial charge in [0.1, 0.15) is 0 Å². The molecule has 162 valence electrons. The van der Waals surface area contributed by atoms with E-state index in [-0.39, 0.29) is 23.6 Å². The number of ether oxygens (including phenoxy) is 3. The summed E-state index contributed by atoms with van der Waals surface area (Å²) in [6.45, 7) is 1.50. The second-order valence-corrected chi connectivity index (χ2v) is 6.83. The SMILES string of the molecule is COC(=O)C1=C(C)N(c2ccc3c(c2)OCO3)C(=O)N[C@H]1c1ccccc1C(F)(F)F. The normalized spacial score (nSPS) is 18.2. The van der Waals surface area contributed by atoms with E-state index in [2.05, 4.69) is 5.32 Å². The zero-order valence-corrected chi connectivity index (χ0v) is 16.4. The fraction of sp³-hybridized carbons (Fsp3) is 0.238. The Labute approximate surface area is 175 Å². The van der Waals surface area contributed by atoms with Gasteiger partial charge >= 0.3 is 18.2 Å². The van der Waals surface area contributed by atoms with Crippen molar-refractivity contribution in [2.75, 3.05) is 18.8 Å². The van der Waals surface area contributed by atoms with Crippen LogP contribution in [0.3, 0.4) is 0 Å². The van der Waals surface area contributed by atoms with Gasteiger partial charge in [-0.05, 0) is 30.7 Å². The van der Waals surface area contributed by atoms with Gasteiger partial charge in [-0.2, -0.15) is 13.2 Å². The first-order chi connectivity index (χ1) is 14.7. The van der Waals surface area contributed by atoms with Crippen molar-refractivity contribution in [1.82, 2.24) is 5.32 Å². The lowest BCUT2D eigenvalue weighted by molar-refractivity contribution is -0.139. The maximum Gasteiger partial charge on any atom is 0.416 e. The average molecular weight is 434 g/mol. The molecule has 4 rings (SSSR count). The zero-order chi connectivity index (χ0) is 22.3. The van der Waals surface area contributed by atoms with Crippen LogP contribution in [0.5, 0.6) is 11.5 Å². The molecule has 2 amide bonds. The van der Waals surface area contributed by atoms with Gasteiger partial charge in [-0.25, -0.2) is 9.59 Å². The molecule has 31 heavy (non-hydrogen) atoms. The molecule has 2 aromatic rings. The third-order valence-corrected chi connectivity index (χ3v) is 5.08. The van der Waals surface area contributed by atoms with Gasteiger partial charge in [0, 0.05) is 11.8 Å². The smallest absolute Gasteiger partial charge is 0.416 e. The summed E-state index contributed by atoms with van der Waals surface area (Å²) in [5.41, 5.74) is -0.837. The Morgan fingerprint density at radius 2 is 1.87 bits per heavy atom. The molecule has 0 aromatic heterocycles. The van der Waals surface area contributed by atoms with Crippen LogP contribution >= 0.6 is 0 Å². The van der Waals surface area contributed by atoms with Gasteiger partial charge in [0.15, 0.2) is 11.5 Å². The van der Waals surface area contributed by atoms with E-state index < -0.39 is 29.8 Å². The van der Waals surface area contributed by atoms with Crippen LogP contribution in [-0.2, 0) is 15.7 Å². The van der Waals surface area contributed by atoms with Crippen molar-refractivity contribution in [3.05, 3.63) is 64.9 Å². The lowest BCUT2D eigenvalue weighted by Gasteiger charge is -2.36. The predicted molar refractivity (Wildman–Crippen MR) is 102 cm³/mol. The fourth-order valence-corrected chi connectivity index (χ4v) is 3.69. The number of fused-ring (bicyclic) bond motifs is 1. The first-order valence-corrected chi connectivity index (χ1v) is 9.18. The summed E-state index contributed by atoms with van der Waals surface area (Å²) in [6, 6.07) is 7.45. The Balaban J connectivity index is 1.86. The number of nitrogens with one attached hydrogen (secondary N) is 1. The molecular weight excluding hydrogens is 417 g/mol. The second kappa shape index (κ2) is 7.53. The minimum absolute atomic E-state index is 0.0313. The fourth-order valence-electron chi connectivity index (χ4n) is 3.69. The van der Waals surface area contributed by atoms with Crippen LogP contribution in [0.2, 0.25) is 0 Å². The van der Waals surface area contributed by atoms with E-state index in [1.165, 1.54) is 30.0 Å². The molecule has 0 saturated heterocycles. The Bertz CT molecular complexity index is 1100. The number of hydrogen-bond acceptors (Lipinski definition) is 5. The van der Waals surface area contributed by atoms with Crippen LogP contribution in [0.15, 0.2) is 53.7 Å². The molecule has 0 saturated carbocycles. The van der Waals surface area contributed by atoms with E-state index in [1.807, 2.05) is 0 Å². The molecule has 0 aliphatic carbocycles. The Morgan fingerprint density at radius 3 is 2.58 bits per heavy atom. The van der Waals surface area contributed by atoms with Crippen molar-refractivity contribution in [3.63, 3.8) is 0 Å². The van der Waals surface area contributed by atoms with Gasteiger partial charge in [0.2, 0.25) is 6.79 Å². The largest absolute Gasteiger partial charge is 0.466 e. The van der Waals surface area contributed by atoms with Crippen molar-refractivity contribution in [2.45, 2.75) is 19.1 Å². The summed E-state index contributed by atoms with van der Waals surface area (Å²) in [5, 5.41) is 2.51. The highest BCUT2D eigenvalue weighted by atomic mass is 19.4. The first-order valence-electron chi connectivity index (χ1n) is 9.18. The van der Waals surface area contributed by atoms with Crippen LogP contribution in [0.1, 0.15) is 24.1 Å². The summed E-state index contributed by atoms with van der Waals surface area (Å²) >= 11 is 0. The highest BCUT2D eigenvalue weighted by Gasteiger charge is 2.42. The van der Waals surface area contributed by atoms with E-state index >= 15 is 0 Å². The number of alkyl halides is 3. The molecule has 0 fully saturated rings. The molecule has 2 aromatic carbocycles. The number of benzene rings is 2. The van der Waals surface area contributed by atoms with Crippen LogP contribution in [0.25, 0.3) is 0 Å². The van der Waals surface area contributed by atoms with Gasteiger partial charge in [-0.1, -0.05) is 18.2 Å². The summed E-state index contributed by atoms with van der Waals surface area (Å²) in [4.78, 5) is 26.8. The molecule has 0 unspecified atom stereocenters. The summed E-state index contributed by atoms with van der Waals surface area (Å²) in [5.74, 6) is 0.0421. The third kappa shape index (κ3) is 3.54. The molecule has 2 heterocycles. The van der Waals surface area contributed by atoms with Gasteiger partial charge in [0.25, 0.3) is 0 Å². The second-order valence-electron chi connectivity index (χ2n) is 6.83. The molecule has 7 nitrogen and oxygen atoms in total. The number of rotatable bonds is 3.